The van der Waals surface area contributed by atoms with Crippen LogP contribution in [0.5, 0.6) is 0 Å². The summed E-state index contributed by atoms with van der Waals surface area (Å²) in [6, 6.07) is 19.8. The number of fused-ring (bicyclic) bond motifs is 3. The van der Waals surface area contributed by atoms with Gasteiger partial charge in [0.15, 0.2) is 18.9 Å². The summed E-state index contributed by atoms with van der Waals surface area (Å²) in [5, 5.41) is 0. The minimum atomic E-state index is -0.414. The van der Waals surface area contributed by atoms with E-state index in [1.807, 2.05) is 60.7 Å². The SMILES string of the molecule is c1ccc(C2OCC3OC4OC(c5ccccc5)OC4C3O2)cc1. The van der Waals surface area contributed by atoms with Crippen LogP contribution in [-0.2, 0) is 23.7 Å². The Labute approximate surface area is 140 Å². The van der Waals surface area contributed by atoms with Crippen molar-refractivity contribution < 1.29 is 23.7 Å². The lowest BCUT2D eigenvalue weighted by atomic mass is 10.1. The van der Waals surface area contributed by atoms with Crippen molar-refractivity contribution in [1.29, 1.82) is 0 Å². The smallest absolute Gasteiger partial charge is 0.190 e. The molecule has 0 spiro atoms. The minimum absolute atomic E-state index is 0.156. The molecule has 24 heavy (non-hydrogen) atoms. The Morgan fingerprint density at radius 1 is 0.625 bits per heavy atom. The molecule has 2 aromatic rings. The van der Waals surface area contributed by atoms with Crippen LogP contribution < -0.4 is 0 Å². The van der Waals surface area contributed by atoms with E-state index in [0.29, 0.717) is 6.61 Å². The summed E-state index contributed by atoms with van der Waals surface area (Å²) in [4.78, 5) is 0. The van der Waals surface area contributed by atoms with E-state index < -0.39 is 18.9 Å². The fourth-order valence-corrected chi connectivity index (χ4v) is 3.46. The van der Waals surface area contributed by atoms with Gasteiger partial charge in [0.25, 0.3) is 0 Å². The Bertz CT molecular complexity index is 691. The molecule has 124 valence electrons. The van der Waals surface area contributed by atoms with Gasteiger partial charge in [-0.25, -0.2) is 0 Å². The second-order valence-electron chi connectivity index (χ2n) is 6.20. The molecule has 2 aromatic carbocycles. The van der Waals surface area contributed by atoms with Gasteiger partial charge in [-0.3, -0.25) is 0 Å². The molecule has 6 atom stereocenters. The maximum atomic E-state index is 6.14. The van der Waals surface area contributed by atoms with Gasteiger partial charge in [-0.15, -0.1) is 0 Å². The van der Waals surface area contributed by atoms with Crippen LogP contribution in [-0.4, -0.2) is 31.2 Å². The van der Waals surface area contributed by atoms with E-state index in [0.717, 1.165) is 11.1 Å². The largest absolute Gasteiger partial charge is 0.346 e. The van der Waals surface area contributed by atoms with Crippen LogP contribution in [0.1, 0.15) is 23.7 Å². The van der Waals surface area contributed by atoms with Gasteiger partial charge in [-0.2, -0.15) is 0 Å². The molecule has 3 fully saturated rings. The van der Waals surface area contributed by atoms with Crippen LogP contribution >= 0.6 is 0 Å². The zero-order valence-electron chi connectivity index (χ0n) is 13.0. The summed E-state index contributed by atoms with van der Waals surface area (Å²) in [5.41, 5.74) is 1.98. The molecule has 0 saturated carbocycles. The van der Waals surface area contributed by atoms with E-state index >= 15 is 0 Å². The van der Waals surface area contributed by atoms with Gasteiger partial charge in [0.05, 0.1) is 6.61 Å². The van der Waals surface area contributed by atoms with E-state index in [1.54, 1.807) is 0 Å². The minimum Gasteiger partial charge on any atom is -0.346 e. The summed E-state index contributed by atoms with van der Waals surface area (Å²) < 4.78 is 29.9. The standard InChI is InChI=1S/C19H18O5/c1-3-7-12(8-4-1)17-20-11-14-15(22-17)16-19(21-14)24-18(23-16)13-9-5-2-6-10-13/h1-10,14-19H,11H2. The van der Waals surface area contributed by atoms with Crippen molar-refractivity contribution in [2.24, 2.45) is 0 Å². The Kier molecular flexibility index (Phi) is 3.61. The number of rotatable bonds is 2. The van der Waals surface area contributed by atoms with Crippen molar-refractivity contribution in [3.8, 4) is 0 Å². The van der Waals surface area contributed by atoms with Crippen molar-refractivity contribution in [3.63, 3.8) is 0 Å². The summed E-state index contributed by atoms with van der Waals surface area (Å²) >= 11 is 0. The topological polar surface area (TPSA) is 46.2 Å². The van der Waals surface area contributed by atoms with E-state index in [-0.39, 0.29) is 18.3 Å². The van der Waals surface area contributed by atoms with Gasteiger partial charge in [0.2, 0.25) is 0 Å². The van der Waals surface area contributed by atoms with E-state index in [4.69, 9.17) is 23.7 Å². The lowest BCUT2D eigenvalue weighted by Crippen LogP contribution is -2.43. The molecule has 0 N–H and O–H groups in total. The highest BCUT2D eigenvalue weighted by Gasteiger charge is 2.55. The highest BCUT2D eigenvalue weighted by molar-refractivity contribution is 5.18. The fourth-order valence-electron chi connectivity index (χ4n) is 3.46. The predicted octanol–water partition coefficient (Wildman–Crippen LogP) is 2.94. The molecule has 0 bridgehead atoms. The van der Waals surface area contributed by atoms with Crippen LogP contribution in [0.3, 0.4) is 0 Å². The van der Waals surface area contributed by atoms with Crippen molar-refractivity contribution in [2.45, 2.75) is 37.2 Å². The first-order valence-electron chi connectivity index (χ1n) is 8.22. The molecular formula is C19H18O5. The maximum Gasteiger partial charge on any atom is 0.190 e. The highest BCUT2D eigenvalue weighted by atomic mass is 16.8. The first-order valence-corrected chi connectivity index (χ1v) is 8.22. The number of hydrogen-bond acceptors (Lipinski definition) is 5. The van der Waals surface area contributed by atoms with E-state index in [9.17, 15) is 0 Å². The normalized spacial score (nSPS) is 37.8. The Morgan fingerprint density at radius 2 is 1.25 bits per heavy atom. The molecule has 0 radical (unpaired) electrons. The molecule has 3 saturated heterocycles. The van der Waals surface area contributed by atoms with Gasteiger partial charge in [0, 0.05) is 11.1 Å². The second-order valence-corrected chi connectivity index (χ2v) is 6.20. The van der Waals surface area contributed by atoms with Crippen LogP contribution in [0.15, 0.2) is 60.7 Å². The molecule has 5 rings (SSSR count). The van der Waals surface area contributed by atoms with E-state index in [1.165, 1.54) is 0 Å². The third-order valence-corrected chi connectivity index (χ3v) is 4.64. The summed E-state index contributed by atoms with van der Waals surface area (Å²) in [6.45, 7) is 0.472. The number of benzene rings is 2. The molecule has 6 unspecified atom stereocenters. The molecule has 3 aliphatic rings. The molecule has 3 heterocycles. The van der Waals surface area contributed by atoms with Crippen LogP contribution in [0, 0.1) is 0 Å². The highest BCUT2D eigenvalue weighted by Crippen LogP contribution is 2.43. The van der Waals surface area contributed by atoms with Gasteiger partial charge < -0.3 is 23.7 Å². The number of hydrogen-bond donors (Lipinski definition) is 0. The van der Waals surface area contributed by atoms with Gasteiger partial charge >= 0.3 is 0 Å². The molecule has 0 amide bonds. The quantitative estimate of drug-likeness (QED) is 0.849. The molecule has 3 aliphatic heterocycles. The lowest BCUT2D eigenvalue weighted by Gasteiger charge is -2.33. The summed E-state index contributed by atoms with van der Waals surface area (Å²) in [6.07, 6.45) is -1.81. The molecular weight excluding hydrogens is 308 g/mol. The molecule has 0 aliphatic carbocycles. The van der Waals surface area contributed by atoms with Crippen LogP contribution in [0.4, 0.5) is 0 Å². The first kappa shape index (κ1) is 14.6. The lowest BCUT2D eigenvalue weighted by molar-refractivity contribution is -0.273. The molecule has 0 aromatic heterocycles. The average molecular weight is 326 g/mol. The second kappa shape index (κ2) is 5.95. The average Bonchev–Trinajstić information content (AvgIpc) is 3.21. The maximum absolute atomic E-state index is 6.14. The third-order valence-electron chi connectivity index (χ3n) is 4.64. The van der Waals surface area contributed by atoms with Crippen LogP contribution in [0.25, 0.3) is 0 Å². The van der Waals surface area contributed by atoms with Crippen molar-refractivity contribution >= 4 is 0 Å². The zero-order valence-corrected chi connectivity index (χ0v) is 13.0. The molecule has 5 heteroatoms. The van der Waals surface area contributed by atoms with Crippen molar-refractivity contribution in [2.75, 3.05) is 6.61 Å². The van der Waals surface area contributed by atoms with Gasteiger partial charge in [0.1, 0.15) is 18.3 Å². The van der Waals surface area contributed by atoms with Crippen molar-refractivity contribution in [3.05, 3.63) is 71.8 Å². The number of ether oxygens (including phenoxy) is 5. The molecule has 5 nitrogen and oxygen atoms in total. The van der Waals surface area contributed by atoms with Crippen molar-refractivity contribution in [1.82, 2.24) is 0 Å². The monoisotopic (exact) mass is 326 g/mol. The zero-order chi connectivity index (χ0) is 15.9. The Hall–Kier alpha value is -1.76. The van der Waals surface area contributed by atoms with E-state index in [2.05, 4.69) is 0 Å². The van der Waals surface area contributed by atoms with Gasteiger partial charge in [-0.05, 0) is 0 Å². The Morgan fingerprint density at radius 3 is 1.96 bits per heavy atom. The Balaban J connectivity index is 1.33. The summed E-state index contributed by atoms with van der Waals surface area (Å²) in [7, 11) is 0. The fraction of sp³-hybridized carbons (Fsp3) is 0.368. The summed E-state index contributed by atoms with van der Waals surface area (Å²) in [5.74, 6) is 0. The third kappa shape index (κ3) is 2.46. The van der Waals surface area contributed by atoms with Gasteiger partial charge in [-0.1, -0.05) is 60.7 Å². The first-order chi connectivity index (χ1) is 11.9. The predicted molar refractivity (Wildman–Crippen MR) is 83.8 cm³/mol. The van der Waals surface area contributed by atoms with Crippen LogP contribution in [0.2, 0.25) is 0 Å².